The van der Waals surface area contributed by atoms with Crippen LogP contribution in [0.15, 0.2) is 29.9 Å². The van der Waals surface area contributed by atoms with E-state index >= 15 is 0 Å². The van der Waals surface area contributed by atoms with Gasteiger partial charge in [-0.25, -0.2) is 4.98 Å². The summed E-state index contributed by atoms with van der Waals surface area (Å²) in [6, 6.07) is 4.30. The van der Waals surface area contributed by atoms with E-state index in [4.69, 9.17) is 0 Å². The molecule has 1 N–H and O–H groups in total. The van der Waals surface area contributed by atoms with Gasteiger partial charge in [-0.15, -0.1) is 11.3 Å². The Hall–Kier alpha value is -2.32. The van der Waals surface area contributed by atoms with Gasteiger partial charge in [0.15, 0.2) is 5.13 Å². The van der Waals surface area contributed by atoms with Crippen LogP contribution in [0.1, 0.15) is 35.9 Å². The third kappa shape index (κ3) is 4.21. The standard InChI is InChI=1S/C17H21N5O2S/c1-12(14-4-3-5-18-10-14)21-6-8-22(9-7-21)16(24)15-11-25-17(20-15)19-13(2)23/h3-5,10-12H,6-9H2,1-2H3,(H,19,20,23). The second-order valence-electron chi connectivity index (χ2n) is 6.01. The van der Waals surface area contributed by atoms with Gasteiger partial charge in [-0.05, 0) is 18.6 Å². The number of nitrogens with zero attached hydrogens (tertiary/aromatic N) is 4. The molecule has 1 atom stereocenters. The lowest BCUT2D eigenvalue weighted by Crippen LogP contribution is -2.49. The molecule has 2 aromatic heterocycles. The fourth-order valence-corrected chi connectivity index (χ4v) is 3.62. The van der Waals surface area contributed by atoms with E-state index in [-0.39, 0.29) is 17.9 Å². The third-order valence-corrected chi connectivity index (χ3v) is 5.08. The fourth-order valence-electron chi connectivity index (χ4n) is 2.89. The van der Waals surface area contributed by atoms with E-state index in [0.717, 1.165) is 13.1 Å². The van der Waals surface area contributed by atoms with Crippen LogP contribution >= 0.6 is 11.3 Å². The fraction of sp³-hybridized carbons (Fsp3) is 0.412. The number of hydrogen-bond donors (Lipinski definition) is 1. The number of amides is 2. The van der Waals surface area contributed by atoms with Crippen molar-refractivity contribution in [3.8, 4) is 0 Å². The Morgan fingerprint density at radius 2 is 2.04 bits per heavy atom. The highest BCUT2D eigenvalue weighted by atomic mass is 32.1. The third-order valence-electron chi connectivity index (χ3n) is 4.32. The molecule has 1 aliphatic rings. The zero-order chi connectivity index (χ0) is 17.8. The lowest BCUT2D eigenvalue weighted by atomic mass is 10.1. The first-order valence-electron chi connectivity index (χ1n) is 8.21. The van der Waals surface area contributed by atoms with Crippen molar-refractivity contribution in [3.63, 3.8) is 0 Å². The molecule has 25 heavy (non-hydrogen) atoms. The molecule has 3 rings (SSSR count). The highest BCUT2D eigenvalue weighted by molar-refractivity contribution is 7.14. The monoisotopic (exact) mass is 359 g/mol. The molecule has 0 bridgehead atoms. The van der Waals surface area contributed by atoms with Crippen LogP contribution in [0.3, 0.4) is 0 Å². The smallest absolute Gasteiger partial charge is 0.273 e. The minimum atomic E-state index is -0.189. The van der Waals surface area contributed by atoms with E-state index < -0.39 is 0 Å². The first-order valence-corrected chi connectivity index (χ1v) is 9.09. The molecule has 2 aromatic rings. The SMILES string of the molecule is CC(=O)Nc1nc(C(=O)N2CCN(C(C)c3cccnc3)CC2)cs1. The Morgan fingerprint density at radius 1 is 1.28 bits per heavy atom. The molecule has 0 aromatic carbocycles. The number of nitrogens with one attached hydrogen (secondary N) is 1. The van der Waals surface area contributed by atoms with Crippen LogP contribution in [0.25, 0.3) is 0 Å². The topological polar surface area (TPSA) is 78.4 Å². The van der Waals surface area contributed by atoms with Crippen LogP contribution in [-0.2, 0) is 4.79 Å². The number of carbonyl (C=O) groups excluding carboxylic acids is 2. The molecular weight excluding hydrogens is 338 g/mol. The number of pyridine rings is 1. The van der Waals surface area contributed by atoms with Crippen molar-refractivity contribution < 1.29 is 9.59 Å². The van der Waals surface area contributed by atoms with Gasteiger partial charge in [-0.2, -0.15) is 0 Å². The Kier molecular flexibility index (Phi) is 5.40. The van der Waals surface area contributed by atoms with Crippen molar-refractivity contribution in [2.24, 2.45) is 0 Å². The van der Waals surface area contributed by atoms with Gasteiger partial charge in [0.05, 0.1) is 0 Å². The van der Waals surface area contributed by atoms with Crippen LogP contribution in [0.5, 0.6) is 0 Å². The summed E-state index contributed by atoms with van der Waals surface area (Å²) in [6.45, 7) is 6.53. The predicted molar refractivity (Wildman–Crippen MR) is 96.5 cm³/mol. The number of carbonyl (C=O) groups is 2. The number of hydrogen-bond acceptors (Lipinski definition) is 6. The summed E-state index contributed by atoms with van der Waals surface area (Å²) in [5.41, 5.74) is 1.57. The van der Waals surface area contributed by atoms with E-state index in [1.165, 1.54) is 23.8 Å². The molecule has 3 heterocycles. The van der Waals surface area contributed by atoms with E-state index in [0.29, 0.717) is 23.9 Å². The lowest BCUT2D eigenvalue weighted by molar-refractivity contribution is -0.114. The number of rotatable bonds is 4. The van der Waals surface area contributed by atoms with E-state index in [2.05, 4.69) is 33.2 Å². The summed E-state index contributed by atoms with van der Waals surface area (Å²) >= 11 is 1.27. The minimum absolute atomic E-state index is 0.0819. The summed E-state index contributed by atoms with van der Waals surface area (Å²) in [6.07, 6.45) is 3.66. The molecule has 1 aliphatic heterocycles. The van der Waals surface area contributed by atoms with Gasteiger partial charge >= 0.3 is 0 Å². The molecule has 0 aliphatic carbocycles. The van der Waals surface area contributed by atoms with Crippen LogP contribution in [0.2, 0.25) is 0 Å². The average molecular weight is 359 g/mol. The molecule has 0 spiro atoms. The van der Waals surface area contributed by atoms with Crippen molar-refractivity contribution in [1.29, 1.82) is 0 Å². The first-order chi connectivity index (χ1) is 12.0. The van der Waals surface area contributed by atoms with E-state index in [1.54, 1.807) is 11.6 Å². The molecule has 8 heteroatoms. The molecule has 1 saturated heterocycles. The van der Waals surface area contributed by atoms with Crippen LogP contribution in [-0.4, -0.2) is 57.8 Å². The van der Waals surface area contributed by atoms with Crippen LogP contribution in [0.4, 0.5) is 5.13 Å². The minimum Gasteiger partial charge on any atom is -0.335 e. The molecule has 1 unspecified atom stereocenters. The first kappa shape index (κ1) is 17.5. The van der Waals surface area contributed by atoms with Gasteiger partial charge < -0.3 is 10.2 Å². The second kappa shape index (κ2) is 7.71. The normalized spacial score (nSPS) is 16.5. The maximum atomic E-state index is 12.6. The summed E-state index contributed by atoms with van der Waals surface area (Å²) in [5.74, 6) is -0.270. The maximum absolute atomic E-state index is 12.6. The van der Waals surface area contributed by atoms with Crippen molar-refractivity contribution >= 4 is 28.3 Å². The Balaban J connectivity index is 1.57. The number of piperazine rings is 1. The number of thiazole rings is 1. The average Bonchev–Trinajstić information content (AvgIpc) is 3.09. The van der Waals surface area contributed by atoms with Crippen LogP contribution in [0, 0.1) is 0 Å². The van der Waals surface area contributed by atoms with E-state index in [9.17, 15) is 9.59 Å². The number of anilines is 1. The Bertz CT molecular complexity index is 741. The Morgan fingerprint density at radius 3 is 2.68 bits per heavy atom. The highest BCUT2D eigenvalue weighted by Crippen LogP contribution is 2.22. The molecule has 2 amide bonds. The largest absolute Gasteiger partial charge is 0.335 e. The second-order valence-corrected chi connectivity index (χ2v) is 6.87. The predicted octanol–water partition coefficient (Wildman–Crippen LogP) is 2.02. The van der Waals surface area contributed by atoms with Gasteiger partial charge in [-0.3, -0.25) is 19.5 Å². The maximum Gasteiger partial charge on any atom is 0.273 e. The molecule has 0 radical (unpaired) electrons. The molecule has 7 nitrogen and oxygen atoms in total. The van der Waals surface area contributed by atoms with Crippen LogP contribution < -0.4 is 5.32 Å². The van der Waals surface area contributed by atoms with Gasteiger partial charge in [0.25, 0.3) is 5.91 Å². The van der Waals surface area contributed by atoms with Gasteiger partial charge in [0, 0.05) is 56.9 Å². The molecular formula is C17H21N5O2S. The summed E-state index contributed by atoms with van der Waals surface area (Å²) in [4.78, 5) is 36.2. The van der Waals surface area contributed by atoms with Crippen molar-refractivity contribution in [3.05, 3.63) is 41.2 Å². The van der Waals surface area contributed by atoms with Crippen molar-refractivity contribution in [2.75, 3.05) is 31.5 Å². The quantitative estimate of drug-likeness (QED) is 0.903. The highest BCUT2D eigenvalue weighted by Gasteiger charge is 2.26. The molecule has 1 fully saturated rings. The van der Waals surface area contributed by atoms with Gasteiger partial charge in [0.2, 0.25) is 5.91 Å². The Labute approximate surface area is 150 Å². The molecule has 0 saturated carbocycles. The zero-order valence-electron chi connectivity index (χ0n) is 14.3. The zero-order valence-corrected chi connectivity index (χ0v) is 15.1. The van der Waals surface area contributed by atoms with Gasteiger partial charge in [0.1, 0.15) is 5.69 Å². The lowest BCUT2D eigenvalue weighted by Gasteiger charge is -2.37. The summed E-state index contributed by atoms with van der Waals surface area (Å²) < 4.78 is 0. The van der Waals surface area contributed by atoms with E-state index in [1.807, 2.05) is 17.2 Å². The van der Waals surface area contributed by atoms with Gasteiger partial charge in [-0.1, -0.05) is 6.07 Å². The molecule has 132 valence electrons. The summed E-state index contributed by atoms with van der Waals surface area (Å²) in [7, 11) is 0. The van der Waals surface area contributed by atoms with Crippen molar-refractivity contribution in [1.82, 2.24) is 19.8 Å². The summed E-state index contributed by atoms with van der Waals surface area (Å²) in [5, 5.41) is 4.76. The number of aromatic nitrogens is 2. The van der Waals surface area contributed by atoms with Crippen molar-refractivity contribution in [2.45, 2.75) is 19.9 Å².